The lowest BCUT2D eigenvalue weighted by atomic mass is 9.99. The summed E-state index contributed by atoms with van der Waals surface area (Å²) < 4.78 is 2.38. The number of fused-ring (bicyclic) bond motifs is 7. The number of nitrogens with zero attached hydrogens (tertiary/aromatic N) is 4. The molecule has 4 heteroatoms. The normalized spacial score (nSPS) is 11.9. The van der Waals surface area contributed by atoms with E-state index in [1.54, 1.807) is 0 Å². The van der Waals surface area contributed by atoms with Crippen molar-refractivity contribution in [2.24, 2.45) is 0 Å². The maximum absolute atomic E-state index is 5.27. The van der Waals surface area contributed by atoms with E-state index in [-0.39, 0.29) is 0 Å². The molecule has 1 aliphatic carbocycles. The van der Waals surface area contributed by atoms with Gasteiger partial charge < -0.3 is 4.57 Å². The highest BCUT2D eigenvalue weighted by Gasteiger charge is 2.23. The van der Waals surface area contributed by atoms with Gasteiger partial charge in [-0.05, 0) is 74.8 Å². The fourth-order valence-corrected chi connectivity index (χ4v) is 8.14. The topological polar surface area (TPSA) is 43.6 Å². The van der Waals surface area contributed by atoms with E-state index >= 15 is 0 Å². The van der Waals surface area contributed by atoms with Gasteiger partial charge in [-0.15, -0.1) is 0 Å². The van der Waals surface area contributed by atoms with Crippen LogP contribution in [0.4, 0.5) is 0 Å². The number of aromatic nitrogens is 4. The molecule has 2 heterocycles. The van der Waals surface area contributed by atoms with Crippen LogP contribution in [0, 0.1) is 0 Å². The summed E-state index contributed by atoms with van der Waals surface area (Å²) in [6.07, 6.45) is 0. The molecule has 0 spiro atoms. The van der Waals surface area contributed by atoms with Gasteiger partial charge in [-0.1, -0.05) is 133 Å². The molecule has 1 aliphatic rings. The minimum atomic E-state index is 0.648. The van der Waals surface area contributed by atoms with Gasteiger partial charge in [0.25, 0.3) is 0 Å². The highest BCUT2D eigenvalue weighted by molar-refractivity contribution is 6.16. The van der Waals surface area contributed by atoms with E-state index in [1.165, 1.54) is 54.8 Å². The molecule has 0 fully saturated rings. The molecule has 4 nitrogen and oxygen atoms in total. The monoisotopic (exact) mass is 648 g/mol. The number of benzene rings is 8. The maximum atomic E-state index is 5.27. The van der Waals surface area contributed by atoms with Crippen LogP contribution < -0.4 is 0 Å². The van der Waals surface area contributed by atoms with Gasteiger partial charge in [0.15, 0.2) is 17.5 Å². The third-order valence-electron chi connectivity index (χ3n) is 10.4. The molecule has 0 radical (unpaired) electrons. The van der Waals surface area contributed by atoms with Crippen molar-refractivity contribution in [1.82, 2.24) is 19.5 Å². The lowest BCUT2D eigenvalue weighted by Gasteiger charge is -2.15. The molecule has 236 valence electrons. The van der Waals surface area contributed by atoms with Crippen LogP contribution in [0.15, 0.2) is 170 Å². The lowest BCUT2D eigenvalue weighted by Crippen LogP contribution is -2.02. The molecule has 2 aromatic heterocycles. The Hall–Kier alpha value is -6.91. The summed E-state index contributed by atoms with van der Waals surface area (Å²) in [5.74, 6) is 1.95. The van der Waals surface area contributed by atoms with Crippen molar-refractivity contribution in [3.63, 3.8) is 0 Å². The Morgan fingerprint density at radius 3 is 1.65 bits per heavy atom. The van der Waals surface area contributed by atoms with Crippen molar-refractivity contribution in [3.8, 4) is 62.1 Å². The van der Waals surface area contributed by atoms with E-state index in [0.717, 1.165) is 33.2 Å². The molecule has 0 saturated carbocycles. The summed E-state index contributed by atoms with van der Waals surface area (Å²) in [7, 11) is 0. The molecule has 0 bridgehead atoms. The highest BCUT2D eigenvalue weighted by Crippen LogP contribution is 2.48. The first kappa shape index (κ1) is 28.0. The Bertz CT molecular complexity index is 2980. The summed E-state index contributed by atoms with van der Waals surface area (Å²) in [6, 6.07) is 60.2. The molecular formula is C47H28N4. The molecule has 0 unspecified atom stereocenters. The van der Waals surface area contributed by atoms with E-state index in [0.29, 0.717) is 17.5 Å². The summed E-state index contributed by atoms with van der Waals surface area (Å²) in [5, 5.41) is 7.16. The Balaban J connectivity index is 1.16. The van der Waals surface area contributed by atoms with Crippen molar-refractivity contribution in [2.45, 2.75) is 0 Å². The standard InChI is InChI=1S/C47H28N4/c1-2-13-29(14-3-1)45-48-46(31-27-30-15-12-22-38-32-16-4-5-17-33(32)40(28-31)44(30)38)50-47(49-45)39-25-26-43(35-19-7-6-18-34(35)39)51-41-23-10-8-20-36(41)37-21-9-11-24-42(37)51/h1-28H. The first-order valence-corrected chi connectivity index (χ1v) is 17.3. The van der Waals surface area contributed by atoms with E-state index in [1.807, 2.05) is 18.2 Å². The summed E-state index contributed by atoms with van der Waals surface area (Å²) >= 11 is 0. The Morgan fingerprint density at radius 1 is 0.333 bits per heavy atom. The predicted molar refractivity (Wildman–Crippen MR) is 210 cm³/mol. The second-order valence-corrected chi connectivity index (χ2v) is 13.2. The van der Waals surface area contributed by atoms with Gasteiger partial charge in [-0.25, -0.2) is 15.0 Å². The SMILES string of the molecule is c1ccc(-c2nc(-c3cc4c5c(cccc5c3)-c3ccccc3-4)nc(-c3ccc(-n4c5ccccc5c5ccccc54)c4ccccc34)n2)cc1. The average Bonchev–Trinajstić information content (AvgIpc) is 3.71. The molecular weight excluding hydrogens is 621 g/mol. The number of rotatable bonds is 4. The van der Waals surface area contributed by atoms with Crippen LogP contribution in [0.1, 0.15) is 0 Å². The Kier molecular flexibility index (Phi) is 5.92. The van der Waals surface area contributed by atoms with Crippen LogP contribution >= 0.6 is 0 Å². The second-order valence-electron chi connectivity index (χ2n) is 13.2. The van der Waals surface area contributed by atoms with Crippen LogP contribution in [-0.2, 0) is 0 Å². The van der Waals surface area contributed by atoms with Crippen LogP contribution in [0.3, 0.4) is 0 Å². The highest BCUT2D eigenvalue weighted by atomic mass is 15.0. The zero-order chi connectivity index (χ0) is 33.5. The summed E-state index contributed by atoms with van der Waals surface area (Å²) in [5.41, 5.74) is 11.4. The number of hydrogen-bond acceptors (Lipinski definition) is 3. The van der Waals surface area contributed by atoms with Crippen LogP contribution in [0.25, 0.3) is 105 Å². The predicted octanol–water partition coefficient (Wildman–Crippen LogP) is 11.9. The zero-order valence-electron chi connectivity index (χ0n) is 27.5. The van der Waals surface area contributed by atoms with E-state index < -0.39 is 0 Å². The fraction of sp³-hybridized carbons (Fsp3) is 0. The molecule has 51 heavy (non-hydrogen) atoms. The van der Waals surface area contributed by atoms with Crippen LogP contribution in [0.2, 0.25) is 0 Å². The van der Waals surface area contributed by atoms with E-state index in [2.05, 4.69) is 156 Å². The minimum absolute atomic E-state index is 0.648. The van der Waals surface area contributed by atoms with Gasteiger partial charge in [0.05, 0.1) is 16.7 Å². The molecule has 0 saturated heterocycles. The number of hydrogen-bond donors (Lipinski definition) is 0. The lowest BCUT2D eigenvalue weighted by molar-refractivity contribution is 1.08. The van der Waals surface area contributed by atoms with Gasteiger partial charge in [0.1, 0.15) is 0 Å². The average molecular weight is 649 g/mol. The van der Waals surface area contributed by atoms with Crippen LogP contribution in [0.5, 0.6) is 0 Å². The molecule has 10 aromatic rings. The van der Waals surface area contributed by atoms with Gasteiger partial charge in [-0.2, -0.15) is 0 Å². The third-order valence-corrected chi connectivity index (χ3v) is 10.4. The van der Waals surface area contributed by atoms with Crippen molar-refractivity contribution >= 4 is 43.4 Å². The quantitative estimate of drug-likeness (QED) is 0.191. The maximum Gasteiger partial charge on any atom is 0.164 e. The van der Waals surface area contributed by atoms with Gasteiger partial charge in [0.2, 0.25) is 0 Å². The molecule has 8 aromatic carbocycles. The summed E-state index contributed by atoms with van der Waals surface area (Å²) in [4.78, 5) is 15.6. The Labute approximate surface area is 294 Å². The van der Waals surface area contributed by atoms with E-state index in [9.17, 15) is 0 Å². The largest absolute Gasteiger partial charge is 0.309 e. The molecule has 0 N–H and O–H groups in total. The van der Waals surface area contributed by atoms with Gasteiger partial charge in [0, 0.05) is 32.8 Å². The first-order chi connectivity index (χ1) is 25.3. The second kappa shape index (κ2) is 10.8. The molecule has 0 aliphatic heterocycles. The van der Waals surface area contributed by atoms with Crippen molar-refractivity contribution < 1.29 is 0 Å². The smallest absolute Gasteiger partial charge is 0.164 e. The van der Waals surface area contributed by atoms with Crippen LogP contribution in [-0.4, -0.2) is 19.5 Å². The van der Waals surface area contributed by atoms with Crippen molar-refractivity contribution in [2.75, 3.05) is 0 Å². The fourth-order valence-electron chi connectivity index (χ4n) is 8.14. The first-order valence-electron chi connectivity index (χ1n) is 17.3. The van der Waals surface area contributed by atoms with Crippen molar-refractivity contribution in [1.29, 1.82) is 0 Å². The third kappa shape index (κ3) is 4.17. The minimum Gasteiger partial charge on any atom is -0.309 e. The zero-order valence-corrected chi connectivity index (χ0v) is 27.5. The van der Waals surface area contributed by atoms with E-state index in [4.69, 9.17) is 15.0 Å². The Morgan fingerprint density at radius 2 is 0.902 bits per heavy atom. The summed E-state index contributed by atoms with van der Waals surface area (Å²) in [6.45, 7) is 0. The molecule has 0 amide bonds. The van der Waals surface area contributed by atoms with Gasteiger partial charge >= 0.3 is 0 Å². The molecule has 11 rings (SSSR count). The van der Waals surface area contributed by atoms with Gasteiger partial charge in [-0.3, -0.25) is 0 Å². The number of para-hydroxylation sites is 2. The molecule has 0 atom stereocenters. The van der Waals surface area contributed by atoms with Crippen molar-refractivity contribution in [3.05, 3.63) is 170 Å².